The van der Waals surface area contributed by atoms with Crippen molar-refractivity contribution in [2.75, 3.05) is 7.11 Å². The largest absolute Gasteiger partial charge is 0.469 e. The second-order valence-electron chi connectivity index (χ2n) is 17.3. The Bertz CT molecular complexity index is 1630. The van der Waals surface area contributed by atoms with E-state index in [0.29, 0.717) is 5.76 Å². The molecule has 0 aromatic carbocycles. The lowest BCUT2D eigenvalue weighted by Gasteiger charge is -2.71. The fraction of sp³-hybridized carbons (Fsp3) is 0.610. The van der Waals surface area contributed by atoms with E-state index in [0.717, 1.165) is 68.3 Å². The lowest BCUT2D eigenvalue weighted by Crippen LogP contribution is -2.65. The number of ether oxygens (including phenoxy) is 1. The summed E-state index contributed by atoms with van der Waals surface area (Å²) >= 11 is 0. The summed E-state index contributed by atoms with van der Waals surface area (Å²) in [6.45, 7) is 16.7. The van der Waals surface area contributed by atoms with Crippen LogP contribution in [0.3, 0.4) is 0 Å². The van der Waals surface area contributed by atoms with Crippen LogP contribution in [-0.2, 0) is 14.3 Å². The highest BCUT2D eigenvalue weighted by Crippen LogP contribution is 2.76. The van der Waals surface area contributed by atoms with Gasteiger partial charge in [0.15, 0.2) is 5.78 Å². The smallest absolute Gasteiger partial charge is 0.312 e. The highest BCUT2D eigenvalue weighted by Gasteiger charge is 2.70. The maximum atomic E-state index is 14.9. The summed E-state index contributed by atoms with van der Waals surface area (Å²) in [6, 6.07) is 7.65. The number of carbonyl (C=O) groups excluding carboxylic acids is 2. The van der Waals surface area contributed by atoms with Crippen molar-refractivity contribution >= 4 is 23.9 Å². The molecule has 0 radical (unpaired) electrons. The van der Waals surface area contributed by atoms with Crippen LogP contribution in [-0.4, -0.2) is 18.9 Å². The molecule has 5 aliphatic carbocycles. The zero-order valence-corrected chi connectivity index (χ0v) is 29.1. The summed E-state index contributed by atoms with van der Waals surface area (Å²) in [5, 5.41) is 0. The molecule has 0 saturated heterocycles. The molecule has 0 unspecified atom stereocenters. The monoisotopic (exact) mass is 624 g/mol. The number of furan rings is 2. The van der Waals surface area contributed by atoms with Crippen LogP contribution in [0, 0.1) is 50.2 Å². The average Bonchev–Trinajstić information content (AvgIpc) is 3.72. The molecule has 7 atom stereocenters. The van der Waals surface area contributed by atoms with Crippen molar-refractivity contribution in [3.05, 3.63) is 71.1 Å². The third-order valence-electron chi connectivity index (χ3n) is 14.6. The fourth-order valence-electron chi connectivity index (χ4n) is 11.9. The van der Waals surface area contributed by atoms with Crippen molar-refractivity contribution in [1.82, 2.24) is 0 Å². The van der Waals surface area contributed by atoms with Crippen molar-refractivity contribution in [3.63, 3.8) is 0 Å². The number of Topliss-reactive ketones (excluding diaryl/α,β-unsaturated/α-hetero) is 1. The summed E-state index contributed by atoms with van der Waals surface area (Å²) in [5.74, 6) is 2.21. The van der Waals surface area contributed by atoms with Gasteiger partial charge in [-0.1, -0.05) is 60.1 Å². The number of esters is 1. The summed E-state index contributed by atoms with van der Waals surface area (Å²) < 4.78 is 17.2. The fourth-order valence-corrected chi connectivity index (χ4v) is 11.9. The van der Waals surface area contributed by atoms with Gasteiger partial charge in [-0.3, -0.25) is 9.59 Å². The quantitative estimate of drug-likeness (QED) is 0.193. The molecule has 46 heavy (non-hydrogen) atoms. The number of rotatable bonds is 3. The summed E-state index contributed by atoms with van der Waals surface area (Å²) in [5.41, 5.74) is 2.06. The topological polar surface area (TPSA) is 69.7 Å². The predicted octanol–water partition coefficient (Wildman–Crippen LogP) is 10.1. The Balaban J connectivity index is 1.39. The molecule has 0 N–H and O–H groups in total. The molecular formula is C41H52O5. The van der Waals surface area contributed by atoms with Crippen LogP contribution < -0.4 is 0 Å². The van der Waals surface area contributed by atoms with Gasteiger partial charge in [-0.25, -0.2) is 0 Å². The van der Waals surface area contributed by atoms with Crippen molar-refractivity contribution in [3.8, 4) is 0 Å². The molecule has 5 heteroatoms. The molecule has 5 aliphatic rings. The van der Waals surface area contributed by atoms with E-state index < -0.39 is 5.41 Å². The van der Waals surface area contributed by atoms with Gasteiger partial charge in [-0.05, 0) is 127 Å². The number of carbonyl (C=O) groups is 2. The summed E-state index contributed by atoms with van der Waals surface area (Å²) in [6.07, 6.45) is 17.7. The molecule has 0 aliphatic heterocycles. The van der Waals surface area contributed by atoms with Gasteiger partial charge in [-0.2, -0.15) is 0 Å². The Kier molecular flexibility index (Phi) is 6.99. The number of ketones is 1. The van der Waals surface area contributed by atoms with E-state index in [1.165, 1.54) is 5.57 Å². The molecule has 7 rings (SSSR count). The predicted molar refractivity (Wildman–Crippen MR) is 180 cm³/mol. The molecule has 2 heterocycles. The molecule has 4 saturated carbocycles. The number of hydrogen-bond acceptors (Lipinski definition) is 5. The number of fused-ring (bicyclic) bond motifs is 7. The molecule has 5 nitrogen and oxygen atoms in total. The Morgan fingerprint density at radius 3 is 2.09 bits per heavy atom. The number of methoxy groups -OCH3 is 1. The summed E-state index contributed by atoms with van der Waals surface area (Å²) in [7, 11) is 1.57. The first-order valence-electron chi connectivity index (χ1n) is 17.5. The average molecular weight is 625 g/mol. The standard InChI is InChI=1S/C41H52O5/c1-36(2)17-19-41(35(43)44-8)20-18-38(5)28(31(41)25-36)13-14-33-39(38,6)16-15-32-37(3,4)29(23-26-11-9-21-45-26)34(42)30(40(32,33)7)24-27-12-10-22-46-27/h9-13,21-24,31-33H,14-20,25H2,1-8H3/b29-23+,30-24+/t31-,32-,33-,38+,39+,40-,41-/m0/s1. The Morgan fingerprint density at radius 1 is 0.848 bits per heavy atom. The highest BCUT2D eigenvalue weighted by atomic mass is 16.5. The van der Waals surface area contributed by atoms with Crippen LogP contribution in [0.25, 0.3) is 12.2 Å². The molecule has 0 amide bonds. The van der Waals surface area contributed by atoms with E-state index in [4.69, 9.17) is 13.6 Å². The van der Waals surface area contributed by atoms with Crippen LogP contribution in [0.1, 0.15) is 111 Å². The first-order valence-corrected chi connectivity index (χ1v) is 17.5. The van der Waals surface area contributed by atoms with Gasteiger partial charge in [0.25, 0.3) is 0 Å². The molecule has 0 spiro atoms. The Labute approximate surface area is 274 Å². The molecule has 2 aromatic rings. The van der Waals surface area contributed by atoms with E-state index in [-0.39, 0.29) is 56.6 Å². The van der Waals surface area contributed by atoms with E-state index in [2.05, 4.69) is 54.5 Å². The first kappa shape index (κ1) is 31.5. The number of allylic oxidation sites excluding steroid dienone is 4. The third kappa shape index (κ3) is 4.11. The van der Waals surface area contributed by atoms with Gasteiger partial charge >= 0.3 is 5.97 Å². The second kappa shape index (κ2) is 10.2. The van der Waals surface area contributed by atoms with Gasteiger partial charge in [0.05, 0.1) is 25.1 Å². The van der Waals surface area contributed by atoms with Crippen LogP contribution in [0.4, 0.5) is 0 Å². The molecule has 246 valence electrons. The molecule has 4 fully saturated rings. The Morgan fingerprint density at radius 2 is 1.48 bits per heavy atom. The maximum absolute atomic E-state index is 14.9. The highest BCUT2D eigenvalue weighted by molar-refractivity contribution is 6.16. The second-order valence-corrected chi connectivity index (χ2v) is 17.3. The van der Waals surface area contributed by atoms with Crippen LogP contribution in [0.5, 0.6) is 0 Å². The SMILES string of the molecule is COC(=O)[C@]12CCC(C)(C)C[C@H]1C1=CC[C@@H]3[C@@]4(C)/C(=C/c5ccco5)C(=O)/C(=C\c5ccco5)C(C)(C)[C@@H]4CC[C@@]3(C)[C@]1(C)CC2. The maximum Gasteiger partial charge on any atom is 0.312 e. The lowest BCUT2D eigenvalue weighted by molar-refractivity contribution is -0.177. The lowest BCUT2D eigenvalue weighted by atomic mass is 9.32. The molecular weight excluding hydrogens is 572 g/mol. The van der Waals surface area contributed by atoms with Gasteiger partial charge in [0.2, 0.25) is 0 Å². The van der Waals surface area contributed by atoms with Crippen molar-refractivity contribution in [2.24, 2.45) is 50.2 Å². The van der Waals surface area contributed by atoms with Crippen molar-refractivity contribution in [2.45, 2.75) is 99.8 Å². The van der Waals surface area contributed by atoms with Gasteiger partial charge in [-0.15, -0.1) is 0 Å². The van der Waals surface area contributed by atoms with Crippen molar-refractivity contribution in [1.29, 1.82) is 0 Å². The first-order chi connectivity index (χ1) is 21.6. The third-order valence-corrected chi connectivity index (χ3v) is 14.6. The minimum Gasteiger partial charge on any atom is -0.469 e. The molecule has 0 bridgehead atoms. The number of hydrogen-bond donors (Lipinski definition) is 0. The summed E-state index contributed by atoms with van der Waals surface area (Å²) in [4.78, 5) is 28.6. The zero-order valence-electron chi connectivity index (χ0n) is 29.1. The minimum absolute atomic E-state index is 0.0157. The van der Waals surface area contributed by atoms with E-state index >= 15 is 0 Å². The van der Waals surface area contributed by atoms with Gasteiger partial charge in [0.1, 0.15) is 11.5 Å². The minimum atomic E-state index is -0.432. The normalized spacial score (nSPS) is 41.2. The van der Waals surface area contributed by atoms with E-state index in [9.17, 15) is 9.59 Å². The van der Waals surface area contributed by atoms with Crippen LogP contribution >= 0.6 is 0 Å². The zero-order chi connectivity index (χ0) is 32.9. The van der Waals surface area contributed by atoms with E-state index in [1.54, 1.807) is 19.6 Å². The van der Waals surface area contributed by atoms with Crippen molar-refractivity contribution < 1.29 is 23.2 Å². The van der Waals surface area contributed by atoms with E-state index in [1.807, 2.05) is 36.4 Å². The van der Waals surface area contributed by atoms with Gasteiger partial charge < -0.3 is 13.6 Å². The Hall–Kier alpha value is -3.08. The van der Waals surface area contributed by atoms with Gasteiger partial charge in [0, 0.05) is 16.6 Å². The molecule has 2 aromatic heterocycles. The van der Waals surface area contributed by atoms with Crippen LogP contribution in [0.15, 0.2) is 68.4 Å². The van der Waals surface area contributed by atoms with Crippen LogP contribution in [0.2, 0.25) is 0 Å².